The van der Waals surface area contributed by atoms with E-state index in [4.69, 9.17) is 9.97 Å². The Hall–Kier alpha value is -3.52. The molecular weight excluding hydrogens is 499 g/mol. The molecule has 204 valence electrons. The van der Waals surface area contributed by atoms with Crippen molar-refractivity contribution >= 4 is 16.7 Å². The van der Waals surface area contributed by atoms with Gasteiger partial charge in [0.2, 0.25) is 0 Å². The lowest BCUT2D eigenvalue weighted by Gasteiger charge is -2.37. The molecule has 1 N–H and O–H groups in total. The van der Waals surface area contributed by atoms with Crippen LogP contribution in [0, 0.1) is 12.3 Å². The van der Waals surface area contributed by atoms with Crippen molar-refractivity contribution in [1.29, 1.82) is 0 Å². The minimum atomic E-state index is -4.50. The zero-order valence-corrected chi connectivity index (χ0v) is 22.6. The van der Waals surface area contributed by atoms with Crippen molar-refractivity contribution in [2.75, 3.05) is 25.0 Å². The standard InChI is InChI=1S/C31H34F3N5/c1-21-8-4-5-9-22(21)13-16-36-29-24-12-11-23(28-25(31(32,33)34)10-6-15-35-28)18-26(24)37-27(38-29)19-39-17-7-14-30(2,3)20-39/h4-6,8-12,15,18H,7,13-14,16-17,19-20H2,1-3H3,(H,36,37,38). The number of rotatable bonds is 7. The minimum absolute atomic E-state index is 0.0982. The first-order valence-electron chi connectivity index (χ1n) is 13.4. The van der Waals surface area contributed by atoms with Crippen LogP contribution >= 0.6 is 0 Å². The summed E-state index contributed by atoms with van der Waals surface area (Å²) in [5, 5.41) is 4.26. The molecule has 2 aromatic carbocycles. The van der Waals surface area contributed by atoms with E-state index >= 15 is 0 Å². The predicted molar refractivity (Wildman–Crippen MR) is 149 cm³/mol. The number of piperidine rings is 1. The van der Waals surface area contributed by atoms with Crippen molar-refractivity contribution in [3.63, 3.8) is 0 Å². The van der Waals surface area contributed by atoms with Crippen LogP contribution in [-0.2, 0) is 19.1 Å². The van der Waals surface area contributed by atoms with Crippen molar-refractivity contribution in [3.05, 3.63) is 83.3 Å². The lowest BCUT2D eigenvalue weighted by Crippen LogP contribution is -2.39. The number of anilines is 1. The molecule has 5 rings (SSSR count). The van der Waals surface area contributed by atoms with E-state index in [9.17, 15) is 13.2 Å². The van der Waals surface area contributed by atoms with Crippen LogP contribution < -0.4 is 5.32 Å². The van der Waals surface area contributed by atoms with Gasteiger partial charge in [0, 0.05) is 30.2 Å². The van der Waals surface area contributed by atoms with Gasteiger partial charge in [0.1, 0.15) is 11.6 Å². The number of pyridine rings is 1. The molecule has 39 heavy (non-hydrogen) atoms. The third-order valence-electron chi connectivity index (χ3n) is 7.42. The van der Waals surface area contributed by atoms with Gasteiger partial charge in [-0.05, 0) is 73.5 Å². The number of likely N-dealkylation sites (tertiary alicyclic amines) is 1. The number of aryl methyl sites for hydroxylation is 1. The third kappa shape index (κ3) is 6.38. The molecular formula is C31H34F3N5. The maximum absolute atomic E-state index is 13.7. The Morgan fingerprint density at radius 2 is 1.85 bits per heavy atom. The molecule has 2 aromatic heterocycles. The number of alkyl halides is 3. The average molecular weight is 534 g/mol. The highest BCUT2D eigenvalue weighted by molar-refractivity contribution is 5.92. The van der Waals surface area contributed by atoms with Gasteiger partial charge < -0.3 is 5.32 Å². The highest BCUT2D eigenvalue weighted by atomic mass is 19.4. The van der Waals surface area contributed by atoms with Gasteiger partial charge >= 0.3 is 6.18 Å². The van der Waals surface area contributed by atoms with E-state index in [1.54, 1.807) is 18.2 Å². The molecule has 4 aromatic rings. The Balaban J connectivity index is 1.50. The fourth-order valence-electron chi connectivity index (χ4n) is 5.48. The Morgan fingerprint density at radius 3 is 2.62 bits per heavy atom. The SMILES string of the molecule is Cc1ccccc1CCNc1nc(CN2CCCC(C)(C)C2)nc2cc(-c3ncccc3C(F)(F)F)ccc12. The number of nitrogens with one attached hydrogen (secondary N) is 1. The second-order valence-electron chi connectivity index (χ2n) is 11.2. The molecule has 1 fully saturated rings. The van der Waals surface area contributed by atoms with Crippen molar-refractivity contribution in [3.8, 4) is 11.3 Å². The molecule has 0 bridgehead atoms. The quantitative estimate of drug-likeness (QED) is 0.270. The third-order valence-corrected chi connectivity index (χ3v) is 7.42. The van der Waals surface area contributed by atoms with Crippen molar-refractivity contribution in [1.82, 2.24) is 19.9 Å². The van der Waals surface area contributed by atoms with E-state index in [1.807, 2.05) is 12.1 Å². The lowest BCUT2D eigenvalue weighted by molar-refractivity contribution is -0.137. The summed E-state index contributed by atoms with van der Waals surface area (Å²) in [6, 6.07) is 15.8. The molecule has 0 spiro atoms. The van der Waals surface area contributed by atoms with Crippen LogP contribution in [-0.4, -0.2) is 39.5 Å². The molecule has 0 aliphatic carbocycles. The molecule has 3 heterocycles. The summed E-state index contributed by atoms with van der Waals surface area (Å²) in [5.74, 6) is 1.36. The largest absolute Gasteiger partial charge is 0.418 e. The zero-order chi connectivity index (χ0) is 27.6. The molecule has 1 aliphatic heterocycles. The van der Waals surface area contributed by atoms with Gasteiger partial charge in [0.15, 0.2) is 0 Å². The molecule has 0 atom stereocenters. The van der Waals surface area contributed by atoms with Gasteiger partial charge in [-0.25, -0.2) is 9.97 Å². The summed E-state index contributed by atoms with van der Waals surface area (Å²) in [6.45, 7) is 9.84. The van der Waals surface area contributed by atoms with E-state index in [0.29, 0.717) is 35.8 Å². The summed E-state index contributed by atoms with van der Waals surface area (Å²) < 4.78 is 41.2. The Kier molecular flexibility index (Phi) is 7.58. The number of hydrogen-bond acceptors (Lipinski definition) is 5. The maximum atomic E-state index is 13.7. The van der Waals surface area contributed by atoms with Crippen molar-refractivity contribution in [2.45, 2.75) is 52.8 Å². The molecule has 0 radical (unpaired) electrons. The second-order valence-corrected chi connectivity index (χ2v) is 11.2. The first kappa shape index (κ1) is 27.1. The van der Waals surface area contributed by atoms with Crippen LogP contribution in [0.4, 0.5) is 19.0 Å². The molecule has 5 nitrogen and oxygen atoms in total. The first-order valence-corrected chi connectivity index (χ1v) is 13.4. The number of nitrogens with zero attached hydrogens (tertiary/aromatic N) is 4. The fourth-order valence-corrected chi connectivity index (χ4v) is 5.48. The van der Waals surface area contributed by atoms with Crippen LogP contribution in [0.2, 0.25) is 0 Å². The lowest BCUT2D eigenvalue weighted by atomic mass is 9.84. The number of aromatic nitrogens is 3. The zero-order valence-electron chi connectivity index (χ0n) is 22.6. The highest BCUT2D eigenvalue weighted by Gasteiger charge is 2.34. The van der Waals surface area contributed by atoms with E-state index in [1.165, 1.54) is 29.8 Å². The van der Waals surface area contributed by atoms with Crippen molar-refractivity contribution in [2.24, 2.45) is 5.41 Å². The van der Waals surface area contributed by atoms with Crippen LogP contribution in [0.5, 0.6) is 0 Å². The monoisotopic (exact) mass is 533 g/mol. The fraction of sp³-hybridized carbons (Fsp3) is 0.387. The Labute approximate surface area is 227 Å². The summed E-state index contributed by atoms with van der Waals surface area (Å²) in [6.07, 6.45) is 0.0132. The molecule has 1 aliphatic rings. The number of halogens is 3. The molecule has 0 saturated carbocycles. The topological polar surface area (TPSA) is 53.9 Å². The normalized spacial score (nSPS) is 15.9. The summed E-state index contributed by atoms with van der Waals surface area (Å²) in [7, 11) is 0. The number of hydrogen-bond donors (Lipinski definition) is 1. The minimum Gasteiger partial charge on any atom is -0.369 e. The maximum Gasteiger partial charge on any atom is 0.418 e. The smallest absolute Gasteiger partial charge is 0.369 e. The first-order chi connectivity index (χ1) is 18.6. The van der Waals surface area contributed by atoms with E-state index in [-0.39, 0.29) is 11.1 Å². The summed E-state index contributed by atoms with van der Waals surface area (Å²) in [5.41, 5.74) is 2.85. The molecule has 8 heteroatoms. The van der Waals surface area contributed by atoms with E-state index in [2.05, 4.69) is 48.1 Å². The van der Waals surface area contributed by atoms with Gasteiger partial charge in [-0.3, -0.25) is 9.88 Å². The van der Waals surface area contributed by atoms with E-state index < -0.39 is 11.7 Å². The predicted octanol–water partition coefficient (Wildman–Crippen LogP) is 7.30. The van der Waals surface area contributed by atoms with Crippen molar-refractivity contribution < 1.29 is 13.2 Å². The number of fused-ring (bicyclic) bond motifs is 1. The van der Waals surface area contributed by atoms with Gasteiger partial charge in [-0.15, -0.1) is 0 Å². The number of benzene rings is 2. The molecule has 0 amide bonds. The molecule has 0 unspecified atom stereocenters. The van der Waals surface area contributed by atoms with Crippen LogP contribution in [0.1, 0.15) is 49.2 Å². The van der Waals surface area contributed by atoms with Crippen LogP contribution in [0.25, 0.3) is 22.2 Å². The average Bonchev–Trinajstić information content (AvgIpc) is 2.88. The summed E-state index contributed by atoms with van der Waals surface area (Å²) in [4.78, 5) is 16.2. The summed E-state index contributed by atoms with van der Waals surface area (Å²) >= 11 is 0. The van der Waals surface area contributed by atoms with Gasteiger partial charge in [-0.2, -0.15) is 13.2 Å². The molecule has 1 saturated heterocycles. The van der Waals surface area contributed by atoms with Gasteiger partial charge in [0.05, 0.1) is 23.3 Å². The van der Waals surface area contributed by atoms with E-state index in [0.717, 1.165) is 37.4 Å². The Bertz CT molecular complexity index is 1460. The Morgan fingerprint density at radius 1 is 1.03 bits per heavy atom. The van der Waals surface area contributed by atoms with Gasteiger partial charge in [-0.1, -0.05) is 44.2 Å². The second kappa shape index (κ2) is 10.9. The van der Waals surface area contributed by atoms with Crippen LogP contribution in [0.3, 0.4) is 0 Å². The highest BCUT2D eigenvalue weighted by Crippen LogP contribution is 2.37. The van der Waals surface area contributed by atoms with Gasteiger partial charge in [0.25, 0.3) is 0 Å². The van der Waals surface area contributed by atoms with Crippen LogP contribution in [0.15, 0.2) is 60.8 Å².